The lowest BCUT2D eigenvalue weighted by Crippen LogP contribution is -2.13. The zero-order chi connectivity index (χ0) is 16.0. The van der Waals surface area contributed by atoms with Crippen LogP contribution in [0, 0.1) is 5.92 Å². The van der Waals surface area contributed by atoms with Gasteiger partial charge < -0.3 is 10.3 Å². The zero-order valence-electron chi connectivity index (χ0n) is 13.4. The molecule has 1 aliphatic rings. The van der Waals surface area contributed by atoms with E-state index >= 15 is 0 Å². The number of benzene rings is 1. The molecule has 0 bridgehead atoms. The van der Waals surface area contributed by atoms with Gasteiger partial charge in [0.2, 0.25) is 5.91 Å². The fraction of sp³-hybridized carbons (Fsp3) is 0.333. The van der Waals surface area contributed by atoms with Gasteiger partial charge in [-0.2, -0.15) is 5.10 Å². The van der Waals surface area contributed by atoms with E-state index in [9.17, 15) is 4.79 Å². The van der Waals surface area contributed by atoms with Crippen molar-refractivity contribution in [3.63, 3.8) is 0 Å². The first kappa shape index (κ1) is 14.1. The number of anilines is 1. The monoisotopic (exact) mass is 308 g/mol. The molecule has 0 unspecified atom stereocenters. The number of aryl methyl sites for hydroxylation is 2. The summed E-state index contributed by atoms with van der Waals surface area (Å²) in [6, 6.07) is 6.09. The highest BCUT2D eigenvalue weighted by Gasteiger charge is 2.22. The quantitative estimate of drug-likeness (QED) is 0.691. The van der Waals surface area contributed by atoms with Gasteiger partial charge in [-0.1, -0.05) is 19.9 Å². The van der Waals surface area contributed by atoms with Gasteiger partial charge in [0.15, 0.2) is 0 Å². The molecule has 118 valence electrons. The fourth-order valence-electron chi connectivity index (χ4n) is 3.37. The number of H-pyrrole nitrogens is 2. The second kappa shape index (κ2) is 5.26. The van der Waals surface area contributed by atoms with Crippen LogP contribution in [-0.2, 0) is 17.6 Å². The maximum atomic E-state index is 11.9. The first-order chi connectivity index (χ1) is 11.1. The molecule has 1 amide bonds. The molecular weight excluding hydrogens is 288 g/mol. The van der Waals surface area contributed by atoms with E-state index in [1.165, 1.54) is 16.5 Å². The summed E-state index contributed by atoms with van der Waals surface area (Å²) >= 11 is 0. The number of rotatable bonds is 3. The molecule has 0 aliphatic heterocycles. The van der Waals surface area contributed by atoms with E-state index in [4.69, 9.17) is 0 Å². The molecule has 1 aromatic carbocycles. The van der Waals surface area contributed by atoms with Crippen molar-refractivity contribution in [1.29, 1.82) is 0 Å². The van der Waals surface area contributed by atoms with E-state index in [1.54, 1.807) is 0 Å². The van der Waals surface area contributed by atoms with E-state index in [0.29, 0.717) is 12.3 Å². The van der Waals surface area contributed by atoms with Crippen LogP contribution in [0.4, 0.5) is 5.69 Å². The Kier molecular flexibility index (Phi) is 3.22. The number of nitrogens with zero attached hydrogens (tertiary/aromatic N) is 1. The number of amides is 1. The Morgan fingerprint density at radius 2 is 2.17 bits per heavy atom. The predicted octanol–water partition coefficient (Wildman–Crippen LogP) is 3.64. The van der Waals surface area contributed by atoms with Gasteiger partial charge in [0.1, 0.15) is 0 Å². The lowest BCUT2D eigenvalue weighted by atomic mass is 9.94. The topological polar surface area (TPSA) is 73.6 Å². The van der Waals surface area contributed by atoms with Crippen molar-refractivity contribution in [3.05, 3.63) is 35.5 Å². The van der Waals surface area contributed by atoms with Gasteiger partial charge in [0.25, 0.3) is 0 Å². The predicted molar refractivity (Wildman–Crippen MR) is 91.4 cm³/mol. The Morgan fingerprint density at radius 1 is 1.30 bits per heavy atom. The van der Waals surface area contributed by atoms with Crippen molar-refractivity contribution in [3.8, 4) is 11.4 Å². The number of nitrogens with one attached hydrogen (secondary N) is 3. The second-order valence-electron chi connectivity index (χ2n) is 6.66. The minimum absolute atomic E-state index is 0.0616. The molecule has 0 saturated heterocycles. The number of fused-ring (bicyclic) bond motifs is 5. The first-order valence-electron chi connectivity index (χ1n) is 8.09. The Labute approximate surface area is 134 Å². The molecule has 0 radical (unpaired) electrons. The molecule has 23 heavy (non-hydrogen) atoms. The molecule has 0 saturated carbocycles. The summed E-state index contributed by atoms with van der Waals surface area (Å²) in [5.74, 6) is 0.418. The average Bonchev–Trinajstić information content (AvgIpc) is 3.08. The molecule has 5 heteroatoms. The standard InChI is InChI=1S/C18H20N4O/c1-10(2)7-16(23)20-12-4-6-13-14-5-3-11-9-19-22-17(11)18(14)21-15(13)8-12/h4,6,8-10,21H,3,5,7H2,1-2H3,(H,19,22)(H,20,23). The van der Waals surface area contributed by atoms with Crippen molar-refractivity contribution in [2.45, 2.75) is 33.1 Å². The summed E-state index contributed by atoms with van der Waals surface area (Å²) in [7, 11) is 0. The first-order valence-corrected chi connectivity index (χ1v) is 8.09. The van der Waals surface area contributed by atoms with E-state index in [2.05, 4.69) is 26.6 Å². The highest BCUT2D eigenvalue weighted by Crippen LogP contribution is 2.36. The summed E-state index contributed by atoms with van der Waals surface area (Å²) < 4.78 is 0. The largest absolute Gasteiger partial charge is 0.353 e. The second-order valence-corrected chi connectivity index (χ2v) is 6.66. The smallest absolute Gasteiger partial charge is 0.224 e. The van der Waals surface area contributed by atoms with Crippen molar-refractivity contribution >= 4 is 22.5 Å². The van der Waals surface area contributed by atoms with Crippen LogP contribution in [0.2, 0.25) is 0 Å². The highest BCUT2D eigenvalue weighted by molar-refractivity contribution is 5.97. The maximum Gasteiger partial charge on any atom is 0.224 e. The average molecular weight is 308 g/mol. The molecule has 1 aliphatic carbocycles. The number of aromatic amines is 2. The van der Waals surface area contributed by atoms with E-state index in [-0.39, 0.29) is 5.91 Å². The van der Waals surface area contributed by atoms with E-state index in [1.807, 2.05) is 32.2 Å². The SMILES string of the molecule is CC(C)CC(=O)Nc1ccc2c3c([nH]c2c1)-c1[nH]ncc1CC3. The van der Waals surface area contributed by atoms with Crippen molar-refractivity contribution in [2.75, 3.05) is 5.32 Å². The van der Waals surface area contributed by atoms with Gasteiger partial charge in [-0.3, -0.25) is 9.89 Å². The highest BCUT2D eigenvalue weighted by atomic mass is 16.1. The third kappa shape index (κ3) is 2.42. The normalized spacial score (nSPS) is 13.2. The van der Waals surface area contributed by atoms with Gasteiger partial charge in [-0.25, -0.2) is 0 Å². The van der Waals surface area contributed by atoms with E-state index in [0.717, 1.165) is 35.4 Å². The minimum atomic E-state index is 0.0616. The zero-order valence-corrected chi connectivity index (χ0v) is 13.4. The van der Waals surface area contributed by atoms with Crippen molar-refractivity contribution < 1.29 is 4.79 Å². The van der Waals surface area contributed by atoms with Crippen LogP contribution in [0.15, 0.2) is 24.4 Å². The van der Waals surface area contributed by atoms with Crippen LogP contribution in [-0.4, -0.2) is 21.1 Å². The summed E-state index contributed by atoms with van der Waals surface area (Å²) in [5.41, 5.74) is 6.70. The number of aromatic nitrogens is 3. The van der Waals surface area contributed by atoms with Gasteiger partial charge in [0, 0.05) is 23.0 Å². The Balaban J connectivity index is 1.70. The Hall–Kier alpha value is -2.56. The van der Waals surface area contributed by atoms with Crippen LogP contribution in [0.3, 0.4) is 0 Å². The fourth-order valence-corrected chi connectivity index (χ4v) is 3.37. The molecule has 5 nitrogen and oxygen atoms in total. The van der Waals surface area contributed by atoms with Crippen molar-refractivity contribution in [2.24, 2.45) is 5.92 Å². The van der Waals surface area contributed by atoms with Gasteiger partial charge in [-0.05, 0) is 42.0 Å². The molecule has 0 fully saturated rings. The minimum Gasteiger partial charge on any atom is -0.353 e. The summed E-state index contributed by atoms with van der Waals surface area (Å²) in [5, 5.41) is 11.5. The lowest BCUT2D eigenvalue weighted by Gasteiger charge is -2.11. The summed E-state index contributed by atoms with van der Waals surface area (Å²) in [4.78, 5) is 15.4. The molecule has 2 heterocycles. The van der Waals surface area contributed by atoms with Crippen LogP contribution in [0.25, 0.3) is 22.3 Å². The van der Waals surface area contributed by atoms with Gasteiger partial charge in [-0.15, -0.1) is 0 Å². The third-order valence-corrected chi connectivity index (χ3v) is 4.40. The van der Waals surface area contributed by atoms with Crippen LogP contribution < -0.4 is 5.32 Å². The lowest BCUT2D eigenvalue weighted by molar-refractivity contribution is -0.116. The van der Waals surface area contributed by atoms with Gasteiger partial charge in [0.05, 0.1) is 17.6 Å². The molecule has 4 rings (SSSR count). The Bertz CT molecular complexity index is 888. The molecular formula is C18H20N4O. The molecule has 3 aromatic rings. The maximum absolute atomic E-state index is 11.9. The number of hydrogen-bond donors (Lipinski definition) is 3. The van der Waals surface area contributed by atoms with Crippen LogP contribution >= 0.6 is 0 Å². The molecule has 3 N–H and O–H groups in total. The van der Waals surface area contributed by atoms with Gasteiger partial charge >= 0.3 is 0 Å². The van der Waals surface area contributed by atoms with Crippen molar-refractivity contribution in [1.82, 2.24) is 15.2 Å². The molecule has 2 aromatic heterocycles. The molecule has 0 atom stereocenters. The summed E-state index contributed by atoms with van der Waals surface area (Å²) in [6.07, 6.45) is 4.47. The number of carbonyl (C=O) groups is 1. The number of carbonyl (C=O) groups excluding carboxylic acids is 1. The summed E-state index contributed by atoms with van der Waals surface area (Å²) in [6.45, 7) is 4.09. The Morgan fingerprint density at radius 3 is 3.00 bits per heavy atom. The van der Waals surface area contributed by atoms with E-state index < -0.39 is 0 Å². The van der Waals surface area contributed by atoms with Crippen LogP contribution in [0.1, 0.15) is 31.4 Å². The number of hydrogen-bond acceptors (Lipinski definition) is 2. The van der Waals surface area contributed by atoms with Crippen LogP contribution in [0.5, 0.6) is 0 Å². The third-order valence-electron chi connectivity index (χ3n) is 4.40. The molecule has 0 spiro atoms.